The topological polar surface area (TPSA) is 29.5 Å². The maximum atomic E-state index is 12.7. The Morgan fingerprint density at radius 3 is 2.62 bits per heavy atom. The molecule has 0 unspecified atom stereocenters. The lowest BCUT2D eigenvalue weighted by Crippen LogP contribution is -2.37. The third-order valence-electron chi connectivity index (χ3n) is 5.23. The normalized spacial score (nSPS) is 17.5. The highest BCUT2D eigenvalue weighted by Gasteiger charge is 2.30. The van der Waals surface area contributed by atoms with Crippen LogP contribution < -0.4 is 4.74 Å². The Morgan fingerprint density at radius 2 is 1.77 bits per heavy atom. The minimum atomic E-state index is 0.0684. The molecule has 0 spiro atoms. The fourth-order valence-electron chi connectivity index (χ4n) is 3.92. The first-order valence-corrected chi connectivity index (χ1v) is 9.16. The number of piperidine rings is 1. The summed E-state index contributed by atoms with van der Waals surface area (Å²) < 4.78 is 5.55. The van der Waals surface area contributed by atoms with Crippen LogP contribution in [0.2, 0.25) is 0 Å². The summed E-state index contributed by atoms with van der Waals surface area (Å²) in [4.78, 5) is 14.8. The minimum absolute atomic E-state index is 0.0684. The molecule has 26 heavy (non-hydrogen) atoms. The van der Waals surface area contributed by atoms with Crippen LogP contribution in [-0.4, -0.2) is 17.9 Å². The molecule has 0 bridgehead atoms. The van der Waals surface area contributed by atoms with E-state index in [1.165, 1.54) is 16.3 Å². The van der Waals surface area contributed by atoms with Gasteiger partial charge in [0.15, 0.2) is 0 Å². The predicted molar refractivity (Wildman–Crippen MR) is 104 cm³/mol. The number of nitrogens with zero attached hydrogens (tertiary/aromatic N) is 1. The number of likely N-dealkylation sites (tertiary alicyclic amines) is 1. The first-order valence-electron chi connectivity index (χ1n) is 9.16. The van der Waals surface area contributed by atoms with E-state index in [-0.39, 0.29) is 11.9 Å². The van der Waals surface area contributed by atoms with Crippen molar-refractivity contribution in [1.82, 2.24) is 4.90 Å². The fraction of sp³-hybridized carbons (Fsp3) is 0.261. The molecule has 0 aliphatic carbocycles. The van der Waals surface area contributed by atoms with Crippen molar-refractivity contribution in [1.29, 1.82) is 0 Å². The smallest absolute Gasteiger partial charge is 0.223 e. The first kappa shape index (κ1) is 16.6. The Kier molecular flexibility index (Phi) is 4.61. The summed E-state index contributed by atoms with van der Waals surface area (Å²) >= 11 is 0. The van der Waals surface area contributed by atoms with Gasteiger partial charge in [0.2, 0.25) is 5.91 Å². The van der Waals surface area contributed by atoms with Crippen molar-refractivity contribution >= 4 is 16.7 Å². The fourth-order valence-corrected chi connectivity index (χ4v) is 3.92. The Morgan fingerprint density at radius 1 is 1.00 bits per heavy atom. The summed E-state index contributed by atoms with van der Waals surface area (Å²) in [6, 6.07) is 22.9. The molecule has 0 radical (unpaired) electrons. The standard InChI is InChI=1S/C23H23NO2/c1-26-22-11-5-4-9-20(22)21-10-6-12-23(25)24(21)16-17-13-14-18-7-2-3-8-19(18)15-17/h2-5,7-9,11,13-15,21H,6,10,12,16H2,1H3/t21-/m1/s1. The molecule has 1 atom stereocenters. The summed E-state index contributed by atoms with van der Waals surface area (Å²) in [6.45, 7) is 0.631. The molecule has 1 aliphatic heterocycles. The number of amides is 1. The van der Waals surface area contributed by atoms with E-state index in [9.17, 15) is 4.79 Å². The van der Waals surface area contributed by atoms with Crippen molar-refractivity contribution in [2.24, 2.45) is 0 Å². The number of para-hydroxylation sites is 1. The predicted octanol–water partition coefficient (Wildman–Crippen LogP) is 5.10. The number of ether oxygens (including phenoxy) is 1. The van der Waals surface area contributed by atoms with Crippen LogP contribution in [-0.2, 0) is 11.3 Å². The van der Waals surface area contributed by atoms with Gasteiger partial charge in [-0.3, -0.25) is 4.79 Å². The third-order valence-corrected chi connectivity index (χ3v) is 5.23. The Balaban J connectivity index is 1.67. The highest BCUT2D eigenvalue weighted by Crippen LogP contribution is 2.37. The molecule has 132 valence electrons. The van der Waals surface area contributed by atoms with Crippen LogP contribution in [0.5, 0.6) is 5.75 Å². The molecule has 0 N–H and O–H groups in total. The van der Waals surface area contributed by atoms with Crippen LogP contribution in [0.3, 0.4) is 0 Å². The molecule has 3 aromatic rings. The monoisotopic (exact) mass is 345 g/mol. The quantitative estimate of drug-likeness (QED) is 0.658. The zero-order valence-electron chi connectivity index (χ0n) is 15.0. The van der Waals surface area contributed by atoms with Gasteiger partial charge in [-0.25, -0.2) is 0 Å². The molecule has 3 aromatic carbocycles. The molecule has 3 heteroatoms. The lowest BCUT2D eigenvalue weighted by atomic mass is 9.93. The van der Waals surface area contributed by atoms with E-state index in [0.717, 1.165) is 24.2 Å². The van der Waals surface area contributed by atoms with Gasteiger partial charge in [0.25, 0.3) is 0 Å². The molecule has 1 fully saturated rings. The number of fused-ring (bicyclic) bond motifs is 1. The van der Waals surface area contributed by atoms with Gasteiger partial charge in [-0.1, -0.05) is 54.6 Å². The van der Waals surface area contributed by atoms with Crippen molar-refractivity contribution in [3.63, 3.8) is 0 Å². The molecule has 0 aromatic heterocycles. The minimum Gasteiger partial charge on any atom is -0.496 e. The number of hydrogen-bond donors (Lipinski definition) is 0. The maximum Gasteiger partial charge on any atom is 0.223 e. The van der Waals surface area contributed by atoms with Gasteiger partial charge in [0.1, 0.15) is 5.75 Å². The molecule has 1 aliphatic rings. The second kappa shape index (κ2) is 7.20. The second-order valence-electron chi connectivity index (χ2n) is 6.85. The van der Waals surface area contributed by atoms with Crippen molar-refractivity contribution in [3.8, 4) is 5.75 Å². The highest BCUT2D eigenvalue weighted by molar-refractivity contribution is 5.83. The van der Waals surface area contributed by atoms with Gasteiger partial charge in [-0.2, -0.15) is 0 Å². The average Bonchev–Trinajstić information content (AvgIpc) is 2.69. The molecule has 1 amide bonds. The largest absolute Gasteiger partial charge is 0.496 e. The van der Waals surface area contributed by atoms with Crippen molar-refractivity contribution < 1.29 is 9.53 Å². The molecule has 1 saturated heterocycles. The maximum absolute atomic E-state index is 12.7. The van der Waals surface area contributed by atoms with E-state index in [0.29, 0.717) is 13.0 Å². The summed E-state index contributed by atoms with van der Waals surface area (Å²) in [7, 11) is 1.69. The number of carbonyl (C=O) groups excluding carboxylic acids is 1. The number of hydrogen-bond acceptors (Lipinski definition) is 2. The summed E-state index contributed by atoms with van der Waals surface area (Å²) in [5.41, 5.74) is 2.27. The van der Waals surface area contributed by atoms with E-state index in [1.807, 2.05) is 29.2 Å². The number of rotatable bonds is 4. The molecular formula is C23H23NO2. The lowest BCUT2D eigenvalue weighted by Gasteiger charge is -2.36. The molecule has 0 saturated carbocycles. The van der Waals surface area contributed by atoms with E-state index in [2.05, 4.69) is 42.5 Å². The third kappa shape index (κ3) is 3.17. The van der Waals surface area contributed by atoms with Gasteiger partial charge in [0, 0.05) is 18.5 Å². The number of benzene rings is 3. The van der Waals surface area contributed by atoms with Crippen LogP contribution in [0, 0.1) is 0 Å². The Bertz CT molecular complexity index is 934. The zero-order chi connectivity index (χ0) is 17.9. The van der Waals surface area contributed by atoms with Crippen LogP contribution in [0.4, 0.5) is 0 Å². The van der Waals surface area contributed by atoms with Crippen molar-refractivity contribution in [2.75, 3.05) is 7.11 Å². The summed E-state index contributed by atoms with van der Waals surface area (Å²) in [5, 5.41) is 2.44. The zero-order valence-corrected chi connectivity index (χ0v) is 15.0. The summed E-state index contributed by atoms with van der Waals surface area (Å²) in [6.07, 6.45) is 2.52. The molecule has 3 nitrogen and oxygen atoms in total. The Labute approximate surface area is 154 Å². The average molecular weight is 345 g/mol. The van der Waals surface area contributed by atoms with E-state index in [1.54, 1.807) is 7.11 Å². The highest BCUT2D eigenvalue weighted by atomic mass is 16.5. The van der Waals surface area contributed by atoms with E-state index >= 15 is 0 Å². The molecular weight excluding hydrogens is 322 g/mol. The first-order chi connectivity index (χ1) is 12.8. The van der Waals surface area contributed by atoms with Gasteiger partial charge >= 0.3 is 0 Å². The molecule has 1 heterocycles. The van der Waals surface area contributed by atoms with Crippen LogP contribution in [0.1, 0.15) is 36.4 Å². The van der Waals surface area contributed by atoms with Crippen molar-refractivity contribution in [3.05, 3.63) is 77.9 Å². The van der Waals surface area contributed by atoms with E-state index in [4.69, 9.17) is 4.74 Å². The Hall–Kier alpha value is -2.81. The van der Waals surface area contributed by atoms with E-state index < -0.39 is 0 Å². The lowest BCUT2D eigenvalue weighted by molar-refractivity contribution is -0.137. The van der Waals surface area contributed by atoms with Crippen molar-refractivity contribution in [2.45, 2.75) is 31.8 Å². The number of carbonyl (C=O) groups is 1. The van der Waals surface area contributed by atoms with Gasteiger partial charge < -0.3 is 9.64 Å². The summed E-state index contributed by atoms with van der Waals surface area (Å²) in [5.74, 6) is 1.08. The SMILES string of the molecule is COc1ccccc1[C@H]1CCCC(=O)N1Cc1ccc2ccccc2c1. The van der Waals surface area contributed by atoms with Gasteiger partial charge in [0.05, 0.1) is 13.2 Å². The molecule has 4 rings (SSSR count). The second-order valence-corrected chi connectivity index (χ2v) is 6.85. The number of methoxy groups -OCH3 is 1. The van der Waals surface area contributed by atoms with Crippen LogP contribution >= 0.6 is 0 Å². The van der Waals surface area contributed by atoms with Gasteiger partial charge in [-0.15, -0.1) is 0 Å². The van der Waals surface area contributed by atoms with Crippen LogP contribution in [0.25, 0.3) is 10.8 Å². The van der Waals surface area contributed by atoms with Crippen LogP contribution in [0.15, 0.2) is 66.7 Å². The van der Waals surface area contributed by atoms with Gasteiger partial charge in [-0.05, 0) is 41.3 Å².